The summed E-state index contributed by atoms with van der Waals surface area (Å²) in [5.41, 5.74) is 3.19. The third-order valence-electron chi connectivity index (χ3n) is 3.75. The van der Waals surface area contributed by atoms with Crippen molar-refractivity contribution in [3.8, 4) is 0 Å². The Morgan fingerprint density at radius 1 is 1.39 bits per heavy atom. The minimum Gasteiger partial charge on any atom is -0.314 e. The molecule has 1 aromatic rings. The van der Waals surface area contributed by atoms with Gasteiger partial charge in [0.05, 0.1) is 0 Å². The van der Waals surface area contributed by atoms with E-state index in [1.165, 1.54) is 50.5 Å². The zero-order chi connectivity index (χ0) is 12.6. The lowest BCUT2D eigenvalue weighted by Gasteiger charge is -2.21. The van der Waals surface area contributed by atoms with E-state index < -0.39 is 0 Å². The van der Waals surface area contributed by atoms with Crippen molar-refractivity contribution in [2.75, 3.05) is 6.54 Å². The Hall–Kier alpha value is -0.600. The van der Waals surface area contributed by atoms with Gasteiger partial charge in [0, 0.05) is 6.04 Å². The second kappa shape index (κ2) is 7.75. The van der Waals surface area contributed by atoms with Crippen molar-refractivity contribution in [3.05, 3.63) is 34.0 Å². The van der Waals surface area contributed by atoms with Crippen LogP contribution in [0.3, 0.4) is 0 Å². The highest BCUT2D eigenvalue weighted by molar-refractivity contribution is 7.07. The van der Waals surface area contributed by atoms with Crippen molar-refractivity contribution in [2.24, 2.45) is 0 Å². The van der Waals surface area contributed by atoms with E-state index in [0.717, 1.165) is 6.54 Å². The first-order valence-corrected chi connectivity index (χ1v) is 8.25. The predicted octanol–water partition coefficient (Wildman–Crippen LogP) is 4.55. The maximum atomic E-state index is 3.65. The Bertz CT molecular complexity index is 353. The number of aryl methyl sites for hydroxylation is 1. The number of hydrogen-bond acceptors (Lipinski definition) is 2. The second-order valence-electron chi connectivity index (χ2n) is 5.24. The van der Waals surface area contributed by atoms with Gasteiger partial charge in [-0.25, -0.2) is 0 Å². The molecule has 1 atom stereocenters. The lowest BCUT2D eigenvalue weighted by Crippen LogP contribution is -2.30. The standard InChI is InChI=1S/C16H25NS/c1-2-17-16(9-8-15-10-11-18-13-15)12-14-6-4-3-5-7-14/h6,10-11,13,16-17H,2-5,7-9,12H2,1H3. The molecule has 1 N–H and O–H groups in total. The fourth-order valence-electron chi connectivity index (χ4n) is 2.75. The quantitative estimate of drug-likeness (QED) is 0.712. The molecule has 0 amide bonds. The molecule has 1 aliphatic carbocycles. The van der Waals surface area contributed by atoms with Crippen LogP contribution in [0.2, 0.25) is 0 Å². The normalized spacial score (nSPS) is 17.5. The number of nitrogens with one attached hydrogen (secondary N) is 1. The third kappa shape index (κ3) is 4.58. The van der Waals surface area contributed by atoms with Crippen LogP contribution in [0.15, 0.2) is 28.5 Å². The van der Waals surface area contributed by atoms with E-state index in [2.05, 4.69) is 35.1 Å². The third-order valence-corrected chi connectivity index (χ3v) is 4.48. The summed E-state index contributed by atoms with van der Waals surface area (Å²) in [6.45, 7) is 3.30. The van der Waals surface area contributed by atoms with Crippen molar-refractivity contribution >= 4 is 11.3 Å². The van der Waals surface area contributed by atoms with Crippen molar-refractivity contribution in [3.63, 3.8) is 0 Å². The highest BCUT2D eigenvalue weighted by Crippen LogP contribution is 2.23. The number of thiophene rings is 1. The molecule has 2 heteroatoms. The molecule has 2 rings (SSSR count). The van der Waals surface area contributed by atoms with Gasteiger partial charge in [-0.15, -0.1) is 0 Å². The summed E-state index contributed by atoms with van der Waals surface area (Å²) in [6.07, 6.45) is 11.7. The Kier molecular flexibility index (Phi) is 5.95. The molecular weight excluding hydrogens is 238 g/mol. The summed E-state index contributed by atoms with van der Waals surface area (Å²) in [4.78, 5) is 0. The van der Waals surface area contributed by atoms with Crippen LogP contribution in [-0.4, -0.2) is 12.6 Å². The van der Waals surface area contributed by atoms with E-state index in [4.69, 9.17) is 0 Å². The maximum Gasteiger partial charge on any atom is 0.0107 e. The van der Waals surface area contributed by atoms with Crippen LogP contribution in [-0.2, 0) is 6.42 Å². The minimum absolute atomic E-state index is 0.666. The SMILES string of the molecule is CCNC(CCc1ccsc1)CC1=CCCCC1. The molecule has 0 saturated heterocycles. The van der Waals surface area contributed by atoms with E-state index in [0.29, 0.717) is 6.04 Å². The fourth-order valence-corrected chi connectivity index (χ4v) is 3.45. The van der Waals surface area contributed by atoms with Gasteiger partial charge in [0.25, 0.3) is 0 Å². The highest BCUT2D eigenvalue weighted by Gasteiger charge is 2.12. The van der Waals surface area contributed by atoms with Crippen LogP contribution >= 0.6 is 11.3 Å². The Labute approximate surface area is 115 Å². The fraction of sp³-hybridized carbons (Fsp3) is 0.625. The van der Waals surface area contributed by atoms with Gasteiger partial charge in [-0.2, -0.15) is 11.3 Å². The average Bonchev–Trinajstić information content (AvgIpc) is 2.91. The van der Waals surface area contributed by atoms with Crippen LogP contribution in [0.4, 0.5) is 0 Å². The number of allylic oxidation sites excluding steroid dienone is 1. The van der Waals surface area contributed by atoms with Crippen LogP contribution in [0.1, 0.15) is 51.0 Å². The summed E-state index contributed by atoms with van der Waals surface area (Å²) in [5.74, 6) is 0. The molecule has 1 unspecified atom stereocenters. The molecule has 1 nitrogen and oxygen atoms in total. The van der Waals surface area contributed by atoms with Crippen molar-refractivity contribution in [2.45, 2.75) is 57.9 Å². The summed E-state index contributed by atoms with van der Waals surface area (Å²) in [5, 5.41) is 8.12. The molecule has 1 aliphatic rings. The van der Waals surface area contributed by atoms with Gasteiger partial charge in [0.1, 0.15) is 0 Å². The first kappa shape index (κ1) is 13.8. The molecule has 0 radical (unpaired) electrons. The first-order chi connectivity index (χ1) is 8.88. The van der Waals surface area contributed by atoms with Gasteiger partial charge >= 0.3 is 0 Å². The van der Waals surface area contributed by atoms with E-state index >= 15 is 0 Å². The van der Waals surface area contributed by atoms with Crippen LogP contribution in [0.25, 0.3) is 0 Å². The topological polar surface area (TPSA) is 12.0 Å². The molecule has 1 heterocycles. The second-order valence-corrected chi connectivity index (χ2v) is 6.02. The van der Waals surface area contributed by atoms with Gasteiger partial charge in [-0.3, -0.25) is 0 Å². The largest absolute Gasteiger partial charge is 0.314 e. The highest BCUT2D eigenvalue weighted by atomic mass is 32.1. The van der Waals surface area contributed by atoms with Gasteiger partial charge in [-0.1, -0.05) is 18.6 Å². The number of hydrogen-bond donors (Lipinski definition) is 1. The average molecular weight is 263 g/mol. The zero-order valence-electron chi connectivity index (χ0n) is 11.5. The smallest absolute Gasteiger partial charge is 0.0107 e. The molecular formula is C16H25NS. The van der Waals surface area contributed by atoms with Crippen LogP contribution in [0.5, 0.6) is 0 Å². The number of rotatable bonds is 7. The van der Waals surface area contributed by atoms with E-state index in [9.17, 15) is 0 Å². The molecule has 0 spiro atoms. The molecule has 0 aromatic carbocycles. The summed E-state index contributed by atoms with van der Waals surface area (Å²) < 4.78 is 0. The monoisotopic (exact) mass is 263 g/mol. The van der Waals surface area contributed by atoms with Crippen molar-refractivity contribution < 1.29 is 0 Å². The van der Waals surface area contributed by atoms with E-state index in [1.54, 1.807) is 5.57 Å². The molecule has 0 saturated carbocycles. The first-order valence-electron chi connectivity index (χ1n) is 7.31. The lowest BCUT2D eigenvalue weighted by atomic mass is 9.92. The summed E-state index contributed by atoms with van der Waals surface area (Å²) in [7, 11) is 0. The molecule has 18 heavy (non-hydrogen) atoms. The molecule has 1 aromatic heterocycles. The molecule has 100 valence electrons. The van der Waals surface area contributed by atoms with Gasteiger partial charge < -0.3 is 5.32 Å². The van der Waals surface area contributed by atoms with Crippen molar-refractivity contribution in [1.82, 2.24) is 5.32 Å². The van der Waals surface area contributed by atoms with Crippen LogP contribution < -0.4 is 5.32 Å². The molecule has 0 fully saturated rings. The van der Waals surface area contributed by atoms with E-state index in [1.807, 2.05) is 11.3 Å². The lowest BCUT2D eigenvalue weighted by molar-refractivity contribution is 0.478. The van der Waals surface area contributed by atoms with Gasteiger partial charge in [0.2, 0.25) is 0 Å². The Morgan fingerprint density at radius 3 is 3.00 bits per heavy atom. The van der Waals surface area contributed by atoms with E-state index in [-0.39, 0.29) is 0 Å². The summed E-state index contributed by atoms with van der Waals surface area (Å²) >= 11 is 1.81. The Balaban J connectivity index is 1.81. The summed E-state index contributed by atoms with van der Waals surface area (Å²) in [6, 6.07) is 2.92. The molecule has 0 aliphatic heterocycles. The van der Waals surface area contributed by atoms with Gasteiger partial charge in [-0.05, 0) is 73.9 Å². The maximum absolute atomic E-state index is 3.65. The Morgan fingerprint density at radius 2 is 2.33 bits per heavy atom. The van der Waals surface area contributed by atoms with Gasteiger partial charge in [0.15, 0.2) is 0 Å². The predicted molar refractivity (Wildman–Crippen MR) is 81.3 cm³/mol. The zero-order valence-corrected chi connectivity index (χ0v) is 12.3. The molecule has 0 bridgehead atoms. The van der Waals surface area contributed by atoms with Crippen LogP contribution in [0, 0.1) is 0 Å². The van der Waals surface area contributed by atoms with Crippen molar-refractivity contribution in [1.29, 1.82) is 0 Å². The minimum atomic E-state index is 0.666.